The highest BCUT2D eigenvalue weighted by molar-refractivity contribution is 7.07. The van der Waals surface area contributed by atoms with Crippen molar-refractivity contribution < 1.29 is 4.74 Å². The number of hydrogen-bond donors (Lipinski definition) is 0. The first-order chi connectivity index (χ1) is 15.1. The van der Waals surface area contributed by atoms with Gasteiger partial charge in [-0.1, -0.05) is 47.5 Å². The summed E-state index contributed by atoms with van der Waals surface area (Å²) in [5, 5.41) is 7.66. The highest BCUT2D eigenvalue weighted by atomic mass is 35.5. The highest BCUT2D eigenvalue weighted by Gasteiger charge is 2.10. The van der Waals surface area contributed by atoms with Crippen LogP contribution in [0.1, 0.15) is 16.7 Å². The smallest absolute Gasteiger partial charge is 0.206 e. The zero-order valence-electron chi connectivity index (χ0n) is 17.9. The highest BCUT2D eigenvalue weighted by Crippen LogP contribution is 2.22. The fourth-order valence-electron chi connectivity index (χ4n) is 3.54. The maximum Gasteiger partial charge on any atom is 0.206 e. The van der Waals surface area contributed by atoms with E-state index in [4.69, 9.17) is 26.4 Å². The van der Waals surface area contributed by atoms with Crippen molar-refractivity contribution >= 4 is 29.2 Å². The molecule has 1 saturated heterocycles. The van der Waals surface area contributed by atoms with Crippen molar-refractivity contribution in [2.24, 2.45) is 10.1 Å². The maximum atomic E-state index is 6.09. The van der Waals surface area contributed by atoms with E-state index in [1.165, 1.54) is 11.1 Å². The summed E-state index contributed by atoms with van der Waals surface area (Å²) in [6.45, 7) is 9.44. The SMILES string of the molecule is Cc1ccc(/C=N\n2c(-c3ccc(Cl)cc3)csc2=NCCN2CCOCC2)c(C)c1. The van der Waals surface area contributed by atoms with Gasteiger partial charge in [0.15, 0.2) is 0 Å². The van der Waals surface area contributed by atoms with Crippen molar-refractivity contribution in [2.75, 3.05) is 39.4 Å². The number of aryl methyl sites for hydroxylation is 2. The van der Waals surface area contributed by atoms with Gasteiger partial charge >= 0.3 is 0 Å². The molecule has 2 heterocycles. The molecule has 0 amide bonds. The summed E-state index contributed by atoms with van der Waals surface area (Å²) in [5.41, 5.74) is 5.63. The number of aromatic nitrogens is 1. The third-order valence-corrected chi connectivity index (χ3v) is 6.44. The Bertz CT molecular complexity index is 1110. The molecule has 0 N–H and O–H groups in total. The summed E-state index contributed by atoms with van der Waals surface area (Å²) in [6, 6.07) is 14.2. The van der Waals surface area contributed by atoms with E-state index in [1.807, 2.05) is 35.2 Å². The Kier molecular flexibility index (Phi) is 7.35. The molecule has 0 unspecified atom stereocenters. The van der Waals surface area contributed by atoms with E-state index in [2.05, 4.69) is 42.3 Å². The van der Waals surface area contributed by atoms with Crippen LogP contribution in [0, 0.1) is 13.8 Å². The van der Waals surface area contributed by atoms with Crippen LogP contribution < -0.4 is 4.80 Å². The number of rotatable bonds is 6. The summed E-state index contributed by atoms with van der Waals surface area (Å²) >= 11 is 7.70. The van der Waals surface area contributed by atoms with E-state index in [1.54, 1.807) is 11.3 Å². The van der Waals surface area contributed by atoms with Crippen LogP contribution in [-0.4, -0.2) is 55.2 Å². The Morgan fingerprint density at radius 3 is 2.61 bits per heavy atom. The lowest BCUT2D eigenvalue weighted by molar-refractivity contribution is 0.0393. The van der Waals surface area contributed by atoms with E-state index in [0.29, 0.717) is 0 Å². The number of ether oxygens (including phenoxy) is 1. The quantitative estimate of drug-likeness (QED) is 0.511. The molecule has 1 aliphatic rings. The minimum atomic E-state index is 0.722. The van der Waals surface area contributed by atoms with E-state index < -0.39 is 0 Å². The normalized spacial score (nSPS) is 15.8. The van der Waals surface area contributed by atoms with Gasteiger partial charge in [-0.25, -0.2) is 4.68 Å². The van der Waals surface area contributed by atoms with Crippen LogP contribution in [0.25, 0.3) is 11.3 Å². The van der Waals surface area contributed by atoms with Crippen molar-refractivity contribution in [3.8, 4) is 11.3 Å². The minimum Gasteiger partial charge on any atom is -0.379 e. The van der Waals surface area contributed by atoms with Crippen LogP contribution in [0.2, 0.25) is 5.02 Å². The summed E-state index contributed by atoms with van der Waals surface area (Å²) in [5.74, 6) is 0. The fourth-order valence-corrected chi connectivity index (χ4v) is 4.53. The van der Waals surface area contributed by atoms with E-state index in [-0.39, 0.29) is 0 Å². The molecule has 0 bridgehead atoms. The summed E-state index contributed by atoms with van der Waals surface area (Å²) in [6.07, 6.45) is 1.92. The average Bonchev–Trinajstić information content (AvgIpc) is 3.17. The van der Waals surface area contributed by atoms with Crippen molar-refractivity contribution in [3.05, 3.63) is 74.4 Å². The number of thiazole rings is 1. The third-order valence-electron chi connectivity index (χ3n) is 5.33. The van der Waals surface area contributed by atoms with Crippen LogP contribution in [0.3, 0.4) is 0 Å². The molecular formula is C24H27ClN4OS. The number of morpholine rings is 1. The van der Waals surface area contributed by atoms with E-state index in [0.717, 1.165) is 66.0 Å². The maximum absolute atomic E-state index is 6.09. The van der Waals surface area contributed by atoms with Crippen LogP contribution in [0.15, 0.2) is 57.9 Å². The lowest BCUT2D eigenvalue weighted by Gasteiger charge is -2.25. The predicted octanol–water partition coefficient (Wildman–Crippen LogP) is 4.60. The molecule has 0 spiro atoms. The Balaban J connectivity index is 1.65. The molecule has 0 saturated carbocycles. The topological polar surface area (TPSA) is 42.1 Å². The number of nitrogens with zero attached hydrogens (tertiary/aromatic N) is 4. The van der Waals surface area contributed by atoms with Gasteiger partial charge in [-0.05, 0) is 37.1 Å². The van der Waals surface area contributed by atoms with Gasteiger partial charge in [-0.3, -0.25) is 9.89 Å². The largest absolute Gasteiger partial charge is 0.379 e. The molecule has 3 aromatic rings. The van der Waals surface area contributed by atoms with Gasteiger partial charge in [0, 0.05) is 35.6 Å². The Morgan fingerprint density at radius 2 is 1.87 bits per heavy atom. The average molecular weight is 455 g/mol. The molecule has 1 aliphatic heterocycles. The van der Waals surface area contributed by atoms with Gasteiger partial charge < -0.3 is 4.74 Å². The predicted molar refractivity (Wildman–Crippen MR) is 129 cm³/mol. The third kappa shape index (κ3) is 5.71. The van der Waals surface area contributed by atoms with Crippen molar-refractivity contribution in [3.63, 3.8) is 0 Å². The summed E-state index contributed by atoms with van der Waals surface area (Å²) in [4.78, 5) is 8.15. The molecule has 0 atom stereocenters. The first-order valence-corrected chi connectivity index (χ1v) is 11.7. The van der Waals surface area contributed by atoms with Crippen molar-refractivity contribution in [2.45, 2.75) is 13.8 Å². The molecule has 1 aromatic heterocycles. The number of halogens is 1. The van der Waals surface area contributed by atoms with Crippen LogP contribution in [0.4, 0.5) is 0 Å². The standard InChI is InChI=1S/C24H27ClN4OS/c1-18-3-4-21(19(2)15-18)16-27-29-23(20-5-7-22(25)8-6-20)17-31-24(29)26-9-10-28-11-13-30-14-12-28/h3-8,15-17H,9-14H2,1-2H3/b26-24?,27-16-. The fraction of sp³-hybridized carbons (Fsp3) is 0.333. The zero-order valence-corrected chi connectivity index (χ0v) is 19.5. The van der Waals surface area contributed by atoms with Crippen LogP contribution in [0.5, 0.6) is 0 Å². The number of hydrogen-bond acceptors (Lipinski definition) is 5. The molecule has 162 valence electrons. The molecule has 4 rings (SSSR count). The molecule has 0 aliphatic carbocycles. The van der Waals surface area contributed by atoms with Gasteiger partial charge in [0.1, 0.15) is 0 Å². The molecule has 5 nitrogen and oxygen atoms in total. The van der Waals surface area contributed by atoms with Gasteiger partial charge in [-0.15, -0.1) is 11.3 Å². The van der Waals surface area contributed by atoms with Gasteiger partial charge in [0.05, 0.1) is 31.7 Å². The van der Waals surface area contributed by atoms with Gasteiger partial charge in [0.25, 0.3) is 0 Å². The lowest BCUT2D eigenvalue weighted by Crippen LogP contribution is -2.38. The monoisotopic (exact) mass is 454 g/mol. The van der Waals surface area contributed by atoms with Gasteiger partial charge in [0.2, 0.25) is 4.80 Å². The molecular weight excluding hydrogens is 428 g/mol. The second-order valence-electron chi connectivity index (χ2n) is 7.66. The Hall–Kier alpha value is -2.25. The van der Waals surface area contributed by atoms with E-state index in [9.17, 15) is 0 Å². The van der Waals surface area contributed by atoms with Gasteiger partial charge in [-0.2, -0.15) is 5.10 Å². The molecule has 0 radical (unpaired) electrons. The van der Waals surface area contributed by atoms with Crippen molar-refractivity contribution in [1.29, 1.82) is 0 Å². The van der Waals surface area contributed by atoms with Crippen LogP contribution >= 0.6 is 22.9 Å². The van der Waals surface area contributed by atoms with E-state index >= 15 is 0 Å². The molecule has 1 fully saturated rings. The first-order valence-electron chi connectivity index (χ1n) is 10.5. The minimum absolute atomic E-state index is 0.722. The lowest BCUT2D eigenvalue weighted by atomic mass is 10.1. The summed E-state index contributed by atoms with van der Waals surface area (Å²) < 4.78 is 7.37. The second kappa shape index (κ2) is 10.4. The van der Waals surface area contributed by atoms with Crippen molar-refractivity contribution in [1.82, 2.24) is 9.58 Å². The first kappa shape index (κ1) is 22.0. The molecule has 7 heteroatoms. The second-order valence-corrected chi connectivity index (χ2v) is 8.94. The zero-order chi connectivity index (χ0) is 21.6. The summed E-state index contributed by atoms with van der Waals surface area (Å²) in [7, 11) is 0. The van der Waals surface area contributed by atoms with Crippen LogP contribution in [-0.2, 0) is 4.74 Å². The molecule has 2 aromatic carbocycles. The Labute approximate surface area is 192 Å². The number of benzene rings is 2. The Morgan fingerprint density at radius 1 is 1.10 bits per heavy atom. The molecule has 31 heavy (non-hydrogen) atoms.